The Morgan fingerprint density at radius 2 is 2.05 bits per heavy atom. The standard InChI is InChI=1S/C14H19N3O3/c1-14(2,3)16-13(19)15-9-6-5-7-10-12(9)17(4)11(18)8-20-10/h5-7H,8H2,1-4H3,(H2,15,16,19). The number of urea groups is 1. The molecule has 0 saturated heterocycles. The number of benzene rings is 1. The molecule has 6 heteroatoms. The summed E-state index contributed by atoms with van der Waals surface area (Å²) in [6.45, 7) is 5.70. The number of fused-ring (bicyclic) bond motifs is 1. The van der Waals surface area contributed by atoms with Gasteiger partial charge in [0, 0.05) is 12.6 Å². The molecule has 0 spiro atoms. The molecule has 0 radical (unpaired) electrons. The Bertz CT molecular complexity index is 549. The lowest BCUT2D eigenvalue weighted by atomic mass is 10.1. The second-order valence-corrected chi connectivity index (χ2v) is 5.72. The molecular formula is C14H19N3O3. The molecule has 1 aliphatic heterocycles. The van der Waals surface area contributed by atoms with Crippen LogP contribution in [0, 0.1) is 0 Å². The van der Waals surface area contributed by atoms with Crippen molar-refractivity contribution in [3.05, 3.63) is 18.2 Å². The Labute approximate surface area is 118 Å². The molecule has 0 saturated carbocycles. The topological polar surface area (TPSA) is 70.7 Å². The van der Waals surface area contributed by atoms with Gasteiger partial charge in [-0.15, -0.1) is 0 Å². The van der Waals surface area contributed by atoms with Crippen molar-refractivity contribution in [1.82, 2.24) is 5.32 Å². The Kier molecular flexibility index (Phi) is 3.57. The third-order valence-electron chi connectivity index (χ3n) is 2.80. The molecule has 1 aromatic rings. The quantitative estimate of drug-likeness (QED) is 0.824. The third-order valence-corrected chi connectivity index (χ3v) is 2.80. The molecule has 1 aliphatic rings. The first-order valence-corrected chi connectivity index (χ1v) is 6.39. The maximum atomic E-state index is 11.9. The zero-order chi connectivity index (χ0) is 14.9. The van der Waals surface area contributed by atoms with E-state index in [0.29, 0.717) is 17.1 Å². The number of rotatable bonds is 1. The number of para-hydroxylation sites is 1. The molecule has 0 aromatic heterocycles. The van der Waals surface area contributed by atoms with E-state index >= 15 is 0 Å². The highest BCUT2D eigenvalue weighted by Gasteiger charge is 2.26. The maximum Gasteiger partial charge on any atom is 0.319 e. The van der Waals surface area contributed by atoms with Crippen LogP contribution in [0.25, 0.3) is 0 Å². The largest absolute Gasteiger partial charge is 0.481 e. The molecule has 3 amide bonds. The summed E-state index contributed by atoms with van der Waals surface area (Å²) in [6.07, 6.45) is 0. The van der Waals surface area contributed by atoms with Crippen LogP contribution in [0.3, 0.4) is 0 Å². The van der Waals surface area contributed by atoms with Crippen LogP contribution in [0.5, 0.6) is 5.75 Å². The summed E-state index contributed by atoms with van der Waals surface area (Å²) in [7, 11) is 1.66. The highest BCUT2D eigenvalue weighted by molar-refractivity contribution is 6.04. The van der Waals surface area contributed by atoms with Crippen molar-refractivity contribution in [2.75, 3.05) is 23.9 Å². The fourth-order valence-corrected chi connectivity index (χ4v) is 1.94. The van der Waals surface area contributed by atoms with Crippen LogP contribution >= 0.6 is 0 Å². The smallest absolute Gasteiger partial charge is 0.319 e. The average Bonchev–Trinajstić information content (AvgIpc) is 2.31. The van der Waals surface area contributed by atoms with E-state index in [9.17, 15) is 9.59 Å². The van der Waals surface area contributed by atoms with Gasteiger partial charge < -0.3 is 20.3 Å². The number of nitrogens with zero attached hydrogens (tertiary/aromatic N) is 1. The monoisotopic (exact) mass is 277 g/mol. The van der Waals surface area contributed by atoms with Crippen molar-refractivity contribution in [2.24, 2.45) is 0 Å². The van der Waals surface area contributed by atoms with E-state index < -0.39 is 0 Å². The first-order valence-electron chi connectivity index (χ1n) is 6.39. The lowest BCUT2D eigenvalue weighted by Gasteiger charge is -2.28. The van der Waals surface area contributed by atoms with Gasteiger partial charge in [0.1, 0.15) is 11.4 Å². The molecule has 2 N–H and O–H groups in total. The first-order chi connectivity index (χ1) is 9.28. The molecule has 20 heavy (non-hydrogen) atoms. The third kappa shape index (κ3) is 3.01. The van der Waals surface area contributed by atoms with Crippen molar-refractivity contribution >= 4 is 23.3 Å². The number of nitrogens with one attached hydrogen (secondary N) is 2. The van der Waals surface area contributed by atoms with Crippen molar-refractivity contribution in [3.63, 3.8) is 0 Å². The Morgan fingerprint density at radius 3 is 2.70 bits per heavy atom. The molecule has 0 atom stereocenters. The van der Waals surface area contributed by atoms with Gasteiger partial charge in [-0.1, -0.05) is 6.07 Å². The van der Waals surface area contributed by atoms with Crippen LogP contribution in [-0.2, 0) is 4.79 Å². The molecule has 108 valence electrons. The highest BCUT2D eigenvalue weighted by atomic mass is 16.5. The van der Waals surface area contributed by atoms with Crippen molar-refractivity contribution in [1.29, 1.82) is 0 Å². The van der Waals surface area contributed by atoms with Crippen molar-refractivity contribution < 1.29 is 14.3 Å². The molecule has 2 rings (SSSR count). The SMILES string of the molecule is CN1C(=O)COc2cccc(NC(=O)NC(C)(C)C)c21. The number of amides is 3. The second kappa shape index (κ2) is 5.03. The van der Waals surface area contributed by atoms with Gasteiger partial charge >= 0.3 is 6.03 Å². The lowest BCUT2D eigenvalue weighted by molar-refractivity contribution is -0.120. The van der Waals surface area contributed by atoms with Crippen LogP contribution in [0.15, 0.2) is 18.2 Å². The van der Waals surface area contributed by atoms with Crippen LogP contribution in [0.4, 0.5) is 16.2 Å². The number of carbonyl (C=O) groups is 2. The molecule has 0 bridgehead atoms. The van der Waals surface area contributed by atoms with Gasteiger partial charge in [0.05, 0.1) is 5.69 Å². The Morgan fingerprint density at radius 1 is 1.35 bits per heavy atom. The summed E-state index contributed by atoms with van der Waals surface area (Å²) in [5.41, 5.74) is 0.782. The minimum atomic E-state index is -0.336. The van der Waals surface area contributed by atoms with E-state index in [1.165, 1.54) is 4.90 Å². The van der Waals surface area contributed by atoms with Gasteiger partial charge in [-0.05, 0) is 32.9 Å². The summed E-state index contributed by atoms with van der Waals surface area (Å²) in [5.74, 6) is 0.434. The highest BCUT2D eigenvalue weighted by Crippen LogP contribution is 2.37. The van der Waals surface area contributed by atoms with E-state index in [1.54, 1.807) is 25.2 Å². The van der Waals surface area contributed by atoms with Gasteiger partial charge in [-0.3, -0.25) is 4.79 Å². The zero-order valence-electron chi connectivity index (χ0n) is 12.1. The molecule has 6 nitrogen and oxygen atoms in total. The molecule has 0 aliphatic carbocycles. The number of likely N-dealkylation sites (N-methyl/N-ethyl adjacent to an activating group) is 1. The minimum absolute atomic E-state index is 0.0150. The molecule has 0 unspecified atom stereocenters. The van der Waals surface area contributed by atoms with E-state index in [-0.39, 0.29) is 24.1 Å². The van der Waals surface area contributed by atoms with E-state index in [1.807, 2.05) is 20.8 Å². The summed E-state index contributed by atoms with van der Waals surface area (Å²) < 4.78 is 5.37. The number of ether oxygens (including phenoxy) is 1. The molecule has 0 fully saturated rings. The van der Waals surface area contributed by atoms with E-state index in [2.05, 4.69) is 10.6 Å². The number of hydrogen-bond acceptors (Lipinski definition) is 3. The van der Waals surface area contributed by atoms with Crippen LogP contribution in [-0.4, -0.2) is 31.1 Å². The fraction of sp³-hybridized carbons (Fsp3) is 0.429. The summed E-state index contributed by atoms with van der Waals surface area (Å²) in [6, 6.07) is 4.96. The van der Waals surface area contributed by atoms with Gasteiger partial charge in [-0.2, -0.15) is 0 Å². The van der Waals surface area contributed by atoms with Gasteiger partial charge in [-0.25, -0.2) is 4.79 Å². The molecule has 1 heterocycles. The van der Waals surface area contributed by atoms with Gasteiger partial charge in [0.2, 0.25) is 0 Å². The van der Waals surface area contributed by atoms with Gasteiger partial charge in [0.15, 0.2) is 6.61 Å². The summed E-state index contributed by atoms with van der Waals surface area (Å²) in [4.78, 5) is 25.1. The van der Waals surface area contributed by atoms with Crippen LogP contribution < -0.4 is 20.3 Å². The average molecular weight is 277 g/mol. The minimum Gasteiger partial charge on any atom is -0.481 e. The predicted molar refractivity (Wildman–Crippen MR) is 77.3 cm³/mol. The van der Waals surface area contributed by atoms with Gasteiger partial charge in [0.25, 0.3) is 5.91 Å². The second-order valence-electron chi connectivity index (χ2n) is 5.72. The van der Waals surface area contributed by atoms with Crippen molar-refractivity contribution in [3.8, 4) is 5.75 Å². The summed E-state index contributed by atoms with van der Waals surface area (Å²) in [5, 5.41) is 5.56. The van der Waals surface area contributed by atoms with Crippen LogP contribution in [0.1, 0.15) is 20.8 Å². The Balaban J connectivity index is 2.26. The number of hydrogen-bond donors (Lipinski definition) is 2. The van der Waals surface area contributed by atoms with E-state index in [0.717, 1.165) is 0 Å². The predicted octanol–water partition coefficient (Wildman–Crippen LogP) is 1.96. The zero-order valence-corrected chi connectivity index (χ0v) is 12.1. The number of carbonyl (C=O) groups excluding carboxylic acids is 2. The molecular weight excluding hydrogens is 258 g/mol. The first kappa shape index (κ1) is 14.2. The Hall–Kier alpha value is -2.24. The normalized spacial score (nSPS) is 14.4. The van der Waals surface area contributed by atoms with Crippen molar-refractivity contribution in [2.45, 2.75) is 26.3 Å². The molecule has 1 aromatic carbocycles. The maximum absolute atomic E-state index is 11.9. The van der Waals surface area contributed by atoms with Crippen LogP contribution in [0.2, 0.25) is 0 Å². The lowest BCUT2D eigenvalue weighted by Crippen LogP contribution is -2.43. The summed E-state index contributed by atoms with van der Waals surface area (Å²) >= 11 is 0. The number of anilines is 2. The fourth-order valence-electron chi connectivity index (χ4n) is 1.94. The van der Waals surface area contributed by atoms with E-state index in [4.69, 9.17) is 4.74 Å².